The number of aryl methyl sites for hydroxylation is 1. The Morgan fingerprint density at radius 1 is 0.833 bits per heavy atom. The largest absolute Gasteiger partial charge is 0.465 e. The number of fused-ring (bicyclic) bond motifs is 1. The van der Waals surface area contributed by atoms with Crippen LogP contribution < -0.4 is 9.64 Å². The fraction of sp³-hybridized carbons (Fsp3) is 0.0952. The summed E-state index contributed by atoms with van der Waals surface area (Å²) in [4.78, 5) is 14.9. The number of anilines is 1. The van der Waals surface area contributed by atoms with Crippen molar-refractivity contribution in [3.63, 3.8) is 0 Å². The molecule has 3 aromatic carbocycles. The number of carbonyl (C=O) groups is 1. The molecule has 1 aliphatic heterocycles. The first kappa shape index (κ1) is 14.5. The molecule has 4 rings (SSSR count). The zero-order valence-electron chi connectivity index (χ0n) is 13.3. The first-order valence-electron chi connectivity index (χ1n) is 7.95. The number of hydrogen-bond acceptors (Lipinski definition) is 2. The van der Waals surface area contributed by atoms with Gasteiger partial charge in [-0.3, -0.25) is 9.69 Å². The molecule has 3 nitrogen and oxygen atoms in total. The van der Waals surface area contributed by atoms with Gasteiger partial charge in [-0.15, -0.1) is 0 Å². The minimum Gasteiger partial charge on any atom is -0.465 e. The molecule has 3 aromatic rings. The van der Waals surface area contributed by atoms with Crippen LogP contribution in [0.1, 0.15) is 27.7 Å². The van der Waals surface area contributed by atoms with E-state index in [0.29, 0.717) is 11.3 Å². The quantitative estimate of drug-likeness (QED) is 0.684. The summed E-state index contributed by atoms with van der Waals surface area (Å²) in [6.45, 7) is 1.96. The summed E-state index contributed by atoms with van der Waals surface area (Å²) in [7, 11) is 0. The number of amides is 1. The van der Waals surface area contributed by atoms with Gasteiger partial charge in [-0.2, -0.15) is 0 Å². The van der Waals surface area contributed by atoms with E-state index in [1.54, 1.807) is 4.90 Å². The van der Waals surface area contributed by atoms with Gasteiger partial charge in [0.05, 0.1) is 5.56 Å². The molecule has 0 saturated heterocycles. The van der Waals surface area contributed by atoms with Gasteiger partial charge in [0.15, 0.2) is 0 Å². The molecule has 1 unspecified atom stereocenters. The summed E-state index contributed by atoms with van der Waals surface area (Å²) in [5, 5.41) is 0. The van der Waals surface area contributed by atoms with E-state index < -0.39 is 6.23 Å². The van der Waals surface area contributed by atoms with Gasteiger partial charge in [0, 0.05) is 11.3 Å². The van der Waals surface area contributed by atoms with E-state index in [1.165, 1.54) is 0 Å². The number of benzene rings is 3. The Bertz CT molecular complexity index is 875. The molecule has 0 spiro atoms. The standard InChI is InChI=1S/C21H17NO2/c1-15-9-8-14-18-19(15)24-21(16-10-4-2-5-11-16)22(20(18)23)17-12-6-3-7-13-17/h2-14,21H,1H3. The van der Waals surface area contributed by atoms with Crippen molar-refractivity contribution in [1.29, 1.82) is 0 Å². The molecule has 0 aliphatic carbocycles. The van der Waals surface area contributed by atoms with Crippen molar-refractivity contribution in [3.8, 4) is 5.75 Å². The molecule has 0 N–H and O–H groups in total. The lowest BCUT2D eigenvalue weighted by molar-refractivity contribution is 0.0855. The lowest BCUT2D eigenvalue weighted by Crippen LogP contribution is -2.42. The lowest BCUT2D eigenvalue weighted by atomic mass is 10.0. The van der Waals surface area contributed by atoms with Crippen LogP contribution in [0.5, 0.6) is 5.75 Å². The third-order valence-corrected chi connectivity index (χ3v) is 4.24. The molecule has 1 amide bonds. The van der Waals surface area contributed by atoms with Gasteiger partial charge >= 0.3 is 0 Å². The minimum atomic E-state index is -0.477. The molecule has 1 heterocycles. The molecular formula is C21H17NO2. The second-order valence-corrected chi connectivity index (χ2v) is 5.84. The van der Waals surface area contributed by atoms with Gasteiger partial charge < -0.3 is 4.74 Å². The summed E-state index contributed by atoms with van der Waals surface area (Å²) in [5.74, 6) is 0.628. The molecule has 0 bridgehead atoms. The lowest BCUT2D eigenvalue weighted by Gasteiger charge is -2.37. The van der Waals surface area contributed by atoms with Crippen LogP contribution in [0.4, 0.5) is 5.69 Å². The molecule has 1 aliphatic rings. The average molecular weight is 315 g/mol. The highest BCUT2D eigenvalue weighted by molar-refractivity contribution is 6.09. The smallest absolute Gasteiger partial charge is 0.265 e. The molecular weight excluding hydrogens is 298 g/mol. The van der Waals surface area contributed by atoms with Crippen molar-refractivity contribution < 1.29 is 9.53 Å². The monoisotopic (exact) mass is 315 g/mol. The van der Waals surface area contributed by atoms with Crippen LogP contribution in [0.3, 0.4) is 0 Å². The van der Waals surface area contributed by atoms with E-state index in [2.05, 4.69) is 0 Å². The number of nitrogens with zero attached hydrogens (tertiary/aromatic N) is 1. The molecule has 0 fully saturated rings. The maximum Gasteiger partial charge on any atom is 0.265 e. The van der Waals surface area contributed by atoms with Gasteiger partial charge in [0.1, 0.15) is 5.75 Å². The van der Waals surface area contributed by atoms with Crippen LogP contribution in [0.2, 0.25) is 0 Å². The number of rotatable bonds is 2. The highest BCUT2D eigenvalue weighted by atomic mass is 16.5. The van der Waals surface area contributed by atoms with E-state index in [1.807, 2.05) is 85.8 Å². The molecule has 0 radical (unpaired) electrons. The first-order chi connectivity index (χ1) is 11.8. The van der Waals surface area contributed by atoms with E-state index in [0.717, 1.165) is 16.8 Å². The van der Waals surface area contributed by atoms with Crippen LogP contribution >= 0.6 is 0 Å². The van der Waals surface area contributed by atoms with Crippen molar-refractivity contribution in [3.05, 3.63) is 95.6 Å². The van der Waals surface area contributed by atoms with E-state index in [-0.39, 0.29) is 5.91 Å². The van der Waals surface area contributed by atoms with Gasteiger partial charge in [-0.05, 0) is 30.7 Å². The van der Waals surface area contributed by atoms with Gasteiger partial charge in [0.2, 0.25) is 6.23 Å². The Balaban J connectivity index is 1.89. The Morgan fingerprint density at radius 2 is 1.50 bits per heavy atom. The Labute approximate surface area is 141 Å². The average Bonchev–Trinajstić information content (AvgIpc) is 2.64. The molecule has 24 heavy (non-hydrogen) atoms. The van der Waals surface area contributed by atoms with Crippen molar-refractivity contribution >= 4 is 11.6 Å². The number of ether oxygens (including phenoxy) is 1. The molecule has 3 heteroatoms. The summed E-state index contributed by atoms with van der Waals surface area (Å²) >= 11 is 0. The zero-order valence-corrected chi connectivity index (χ0v) is 13.3. The van der Waals surface area contributed by atoms with Crippen LogP contribution in [-0.4, -0.2) is 5.91 Å². The van der Waals surface area contributed by atoms with E-state index >= 15 is 0 Å². The predicted octanol–water partition coefficient (Wildman–Crippen LogP) is 4.73. The van der Waals surface area contributed by atoms with Crippen LogP contribution in [-0.2, 0) is 0 Å². The van der Waals surface area contributed by atoms with Crippen LogP contribution in [0.15, 0.2) is 78.9 Å². The maximum atomic E-state index is 13.2. The third-order valence-electron chi connectivity index (χ3n) is 4.24. The third kappa shape index (κ3) is 2.35. The molecule has 0 saturated carbocycles. The Hall–Kier alpha value is -3.07. The van der Waals surface area contributed by atoms with E-state index in [4.69, 9.17) is 4.74 Å². The fourth-order valence-electron chi connectivity index (χ4n) is 3.05. The second-order valence-electron chi connectivity index (χ2n) is 5.84. The zero-order chi connectivity index (χ0) is 16.5. The summed E-state index contributed by atoms with van der Waals surface area (Å²) < 4.78 is 6.29. The normalized spacial score (nSPS) is 16.5. The number of para-hydroxylation sites is 2. The van der Waals surface area contributed by atoms with E-state index in [9.17, 15) is 4.79 Å². The highest BCUT2D eigenvalue weighted by Crippen LogP contribution is 2.39. The fourth-order valence-corrected chi connectivity index (χ4v) is 3.05. The van der Waals surface area contributed by atoms with Crippen molar-refractivity contribution in [2.45, 2.75) is 13.2 Å². The van der Waals surface area contributed by atoms with Crippen molar-refractivity contribution in [1.82, 2.24) is 0 Å². The van der Waals surface area contributed by atoms with Crippen molar-refractivity contribution in [2.24, 2.45) is 0 Å². The molecule has 118 valence electrons. The first-order valence-corrected chi connectivity index (χ1v) is 7.95. The maximum absolute atomic E-state index is 13.2. The minimum absolute atomic E-state index is 0.0417. The summed E-state index contributed by atoms with van der Waals surface area (Å²) in [5.41, 5.74) is 3.34. The summed E-state index contributed by atoms with van der Waals surface area (Å²) in [6.07, 6.45) is -0.477. The summed E-state index contributed by atoms with van der Waals surface area (Å²) in [6, 6.07) is 25.2. The molecule has 0 aromatic heterocycles. The number of hydrogen-bond donors (Lipinski definition) is 0. The van der Waals surface area contributed by atoms with Crippen LogP contribution in [0.25, 0.3) is 0 Å². The second kappa shape index (κ2) is 5.85. The van der Waals surface area contributed by atoms with Crippen LogP contribution in [0, 0.1) is 6.92 Å². The Morgan fingerprint density at radius 3 is 2.21 bits per heavy atom. The highest BCUT2D eigenvalue weighted by Gasteiger charge is 2.36. The van der Waals surface area contributed by atoms with Gasteiger partial charge in [-0.25, -0.2) is 0 Å². The number of carbonyl (C=O) groups excluding carboxylic acids is 1. The van der Waals surface area contributed by atoms with Crippen molar-refractivity contribution in [2.75, 3.05) is 4.90 Å². The predicted molar refractivity (Wildman–Crippen MR) is 94.2 cm³/mol. The SMILES string of the molecule is Cc1cccc2c1OC(c1ccccc1)N(c1ccccc1)C2=O. The molecule has 1 atom stereocenters. The Kier molecular flexibility index (Phi) is 3.54. The van der Waals surface area contributed by atoms with Gasteiger partial charge in [-0.1, -0.05) is 60.7 Å². The van der Waals surface area contributed by atoms with Gasteiger partial charge in [0.25, 0.3) is 5.91 Å². The topological polar surface area (TPSA) is 29.5 Å².